The Kier molecular flexibility index (Phi) is 8.13. The van der Waals surface area contributed by atoms with E-state index in [2.05, 4.69) is 20.1 Å². The van der Waals surface area contributed by atoms with Crippen molar-refractivity contribution in [3.05, 3.63) is 45.7 Å². The normalized spacial score (nSPS) is 19.3. The largest absolute Gasteiger partial charge is 0.379 e. The Balaban J connectivity index is 1.40. The van der Waals surface area contributed by atoms with Crippen molar-refractivity contribution in [1.29, 1.82) is 0 Å². The lowest BCUT2D eigenvalue weighted by Gasteiger charge is -2.29. The van der Waals surface area contributed by atoms with E-state index < -0.39 is 0 Å². The average Bonchev–Trinajstić information content (AvgIpc) is 3.31. The Bertz CT molecular complexity index is 967. The highest BCUT2D eigenvalue weighted by molar-refractivity contribution is 7.80. The minimum absolute atomic E-state index is 0.0562. The van der Waals surface area contributed by atoms with Gasteiger partial charge >= 0.3 is 0 Å². The number of fused-ring (bicyclic) bond motifs is 1. The number of H-pyrrole nitrogens is 1. The molecular weight excluding hydrogens is 424 g/mol. The molecule has 2 fully saturated rings. The van der Waals surface area contributed by atoms with Crippen LogP contribution in [0.3, 0.4) is 0 Å². The molecule has 0 saturated carbocycles. The third-order valence-electron chi connectivity index (χ3n) is 6.29. The summed E-state index contributed by atoms with van der Waals surface area (Å²) >= 11 is 5.75. The molecule has 0 amide bonds. The molecule has 2 aliphatic heterocycles. The zero-order valence-corrected chi connectivity index (χ0v) is 19.7. The molecule has 3 heterocycles. The van der Waals surface area contributed by atoms with Gasteiger partial charge in [0.15, 0.2) is 5.11 Å². The zero-order chi connectivity index (χ0) is 22.3. The third kappa shape index (κ3) is 6.07. The van der Waals surface area contributed by atoms with Gasteiger partial charge in [-0.05, 0) is 62.0 Å². The second-order valence-electron chi connectivity index (χ2n) is 8.72. The molecule has 1 aromatic carbocycles. The lowest BCUT2D eigenvalue weighted by molar-refractivity contribution is 0.0375. The molecule has 7 nitrogen and oxygen atoms in total. The number of thiocarbonyl (C=S) groups is 1. The Labute approximate surface area is 195 Å². The van der Waals surface area contributed by atoms with Crippen LogP contribution in [0, 0.1) is 6.92 Å². The summed E-state index contributed by atoms with van der Waals surface area (Å²) in [5.74, 6) is 0. The maximum atomic E-state index is 12.8. The number of para-hydroxylation sites is 1. The van der Waals surface area contributed by atoms with Crippen molar-refractivity contribution in [3.8, 4) is 0 Å². The van der Waals surface area contributed by atoms with E-state index in [1.54, 1.807) is 0 Å². The van der Waals surface area contributed by atoms with Crippen LogP contribution in [0.15, 0.2) is 29.1 Å². The van der Waals surface area contributed by atoms with Gasteiger partial charge in [0.05, 0.1) is 31.4 Å². The van der Waals surface area contributed by atoms with Crippen molar-refractivity contribution >= 4 is 28.2 Å². The standard InChI is InChI=1S/C24H34N4O3S/c1-18-5-2-6-19-15-20(23(29)26-22(18)19)16-28(17-21-7-3-12-31-21)24(32)25-8-4-9-27-10-13-30-14-11-27/h2,5-6,15,21H,3-4,7-14,16-17H2,1H3,(H,25,32)(H,26,29)/t21-/m0/s1. The number of morpholine rings is 1. The Morgan fingerprint density at radius 3 is 2.94 bits per heavy atom. The number of pyridine rings is 1. The topological polar surface area (TPSA) is 69.8 Å². The summed E-state index contributed by atoms with van der Waals surface area (Å²) in [4.78, 5) is 20.4. The van der Waals surface area contributed by atoms with Gasteiger partial charge in [-0.1, -0.05) is 18.2 Å². The van der Waals surface area contributed by atoms with Crippen LogP contribution in [-0.2, 0) is 16.0 Å². The minimum atomic E-state index is -0.0562. The molecule has 0 bridgehead atoms. The third-order valence-corrected chi connectivity index (χ3v) is 6.69. The van der Waals surface area contributed by atoms with Crippen LogP contribution in [0.1, 0.15) is 30.4 Å². The van der Waals surface area contributed by atoms with Crippen LogP contribution < -0.4 is 10.9 Å². The van der Waals surface area contributed by atoms with Crippen LogP contribution in [0.2, 0.25) is 0 Å². The SMILES string of the molecule is Cc1cccc2cc(CN(C[C@@H]3CCCO3)C(=S)NCCCN3CCOCC3)c(=O)[nH]c12. The van der Waals surface area contributed by atoms with Gasteiger partial charge in [-0.2, -0.15) is 0 Å². The molecule has 8 heteroatoms. The number of ether oxygens (including phenoxy) is 2. The molecule has 2 N–H and O–H groups in total. The molecule has 0 radical (unpaired) electrons. The van der Waals surface area contributed by atoms with Crippen LogP contribution in [-0.4, -0.2) is 78.5 Å². The van der Waals surface area contributed by atoms with E-state index in [0.29, 0.717) is 18.2 Å². The van der Waals surface area contributed by atoms with Crippen molar-refractivity contribution in [1.82, 2.24) is 20.1 Å². The number of rotatable bonds is 8. The minimum Gasteiger partial charge on any atom is -0.379 e. The Morgan fingerprint density at radius 1 is 1.31 bits per heavy atom. The second-order valence-corrected chi connectivity index (χ2v) is 9.10. The number of benzene rings is 1. The van der Waals surface area contributed by atoms with Gasteiger partial charge in [-0.3, -0.25) is 9.69 Å². The summed E-state index contributed by atoms with van der Waals surface area (Å²) in [6, 6.07) is 8.06. The van der Waals surface area contributed by atoms with Gasteiger partial charge in [0.2, 0.25) is 0 Å². The first kappa shape index (κ1) is 23.2. The van der Waals surface area contributed by atoms with Crippen molar-refractivity contribution in [2.24, 2.45) is 0 Å². The summed E-state index contributed by atoms with van der Waals surface area (Å²) in [7, 11) is 0. The summed E-state index contributed by atoms with van der Waals surface area (Å²) in [5, 5.41) is 5.14. The van der Waals surface area contributed by atoms with Crippen LogP contribution >= 0.6 is 12.2 Å². The first-order chi connectivity index (χ1) is 15.6. The smallest absolute Gasteiger partial charge is 0.253 e. The van der Waals surface area contributed by atoms with E-state index in [4.69, 9.17) is 21.7 Å². The highest BCUT2D eigenvalue weighted by Gasteiger charge is 2.22. The molecule has 2 aliphatic rings. The number of hydrogen-bond acceptors (Lipinski definition) is 5. The molecule has 4 rings (SSSR count). The zero-order valence-electron chi connectivity index (χ0n) is 18.9. The van der Waals surface area contributed by atoms with Gasteiger partial charge < -0.3 is 24.7 Å². The summed E-state index contributed by atoms with van der Waals surface area (Å²) in [6.07, 6.45) is 3.28. The number of aromatic nitrogens is 1. The van der Waals surface area contributed by atoms with Crippen LogP contribution in [0.25, 0.3) is 10.9 Å². The van der Waals surface area contributed by atoms with Crippen molar-refractivity contribution in [2.45, 2.75) is 38.8 Å². The second kappa shape index (κ2) is 11.2. The highest BCUT2D eigenvalue weighted by atomic mass is 32.1. The van der Waals surface area contributed by atoms with Crippen LogP contribution in [0.4, 0.5) is 0 Å². The molecule has 2 saturated heterocycles. The molecule has 32 heavy (non-hydrogen) atoms. The van der Waals surface area contributed by atoms with Gasteiger partial charge in [0.1, 0.15) is 0 Å². The number of hydrogen-bond donors (Lipinski definition) is 2. The Hall–Kier alpha value is -2.00. The number of aromatic amines is 1. The summed E-state index contributed by atoms with van der Waals surface area (Å²) in [6.45, 7) is 9.46. The molecule has 1 atom stereocenters. The number of nitrogens with zero attached hydrogens (tertiary/aromatic N) is 2. The predicted octanol–water partition coefficient (Wildman–Crippen LogP) is 2.41. The first-order valence-corrected chi connectivity index (χ1v) is 12.1. The molecular formula is C24H34N4O3S. The number of aryl methyl sites for hydroxylation is 1. The van der Waals surface area contributed by atoms with Gasteiger partial charge in [-0.15, -0.1) is 0 Å². The maximum Gasteiger partial charge on any atom is 0.253 e. The van der Waals surface area contributed by atoms with Crippen molar-refractivity contribution in [2.75, 3.05) is 52.5 Å². The molecule has 2 aromatic rings. The van der Waals surface area contributed by atoms with E-state index in [1.807, 2.05) is 31.2 Å². The van der Waals surface area contributed by atoms with E-state index in [0.717, 1.165) is 87.3 Å². The van der Waals surface area contributed by atoms with E-state index in [9.17, 15) is 4.79 Å². The van der Waals surface area contributed by atoms with Crippen LogP contribution in [0.5, 0.6) is 0 Å². The molecule has 0 aliphatic carbocycles. The first-order valence-electron chi connectivity index (χ1n) is 11.7. The highest BCUT2D eigenvalue weighted by Crippen LogP contribution is 2.18. The lowest BCUT2D eigenvalue weighted by Crippen LogP contribution is -2.45. The fraction of sp³-hybridized carbons (Fsp3) is 0.583. The molecule has 1 aromatic heterocycles. The predicted molar refractivity (Wildman–Crippen MR) is 131 cm³/mol. The quantitative estimate of drug-likeness (QED) is 0.465. The number of nitrogens with one attached hydrogen (secondary N) is 2. The Morgan fingerprint density at radius 2 is 2.16 bits per heavy atom. The fourth-order valence-electron chi connectivity index (χ4n) is 4.44. The van der Waals surface area contributed by atoms with E-state index >= 15 is 0 Å². The summed E-state index contributed by atoms with van der Waals surface area (Å²) < 4.78 is 11.3. The lowest BCUT2D eigenvalue weighted by atomic mass is 10.1. The molecule has 0 unspecified atom stereocenters. The fourth-order valence-corrected chi connectivity index (χ4v) is 4.68. The summed E-state index contributed by atoms with van der Waals surface area (Å²) in [5.41, 5.74) is 2.63. The average molecular weight is 459 g/mol. The van der Waals surface area contributed by atoms with Crippen molar-refractivity contribution in [3.63, 3.8) is 0 Å². The molecule has 0 spiro atoms. The molecule has 174 valence electrons. The van der Waals surface area contributed by atoms with Crippen molar-refractivity contribution < 1.29 is 9.47 Å². The van der Waals surface area contributed by atoms with Gasteiger partial charge in [-0.25, -0.2) is 0 Å². The van der Waals surface area contributed by atoms with E-state index in [-0.39, 0.29) is 11.7 Å². The van der Waals surface area contributed by atoms with Gasteiger partial charge in [0, 0.05) is 38.3 Å². The monoisotopic (exact) mass is 458 g/mol. The van der Waals surface area contributed by atoms with E-state index in [1.165, 1.54) is 0 Å². The maximum absolute atomic E-state index is 12.8. The van der Waals surface area contributed by atoms with Gasteiger partial charge in [0.25, 0.3) is 5.56 Å².